The third-order valence-corrected chi connectivity index (χ3v) is 7.97. The topological polar surface area (TPSA) is 86.7 Å². The SMILES string of the molecule is CC1CC(=O)NN=C1c1ccc(NC(=O)c2csc(C3CCN(Cc4ccc(Cl)cc4)CC3)n2)cc1. The number of benzene rings is 2. The molecule has 1 atom stereocenters. The Morgan fingerprint density at radius 3 is 2.56 bits per heavy atom. The highest BCUT2D eigenvalue weighted by molar-refractivity contribution is 7.10. The smallest absolute Gasteiger partial charge is 0.275 e. The molecule has 2 aliphatic heterocycles. The first-order chi connectivity index (χ1) is 17.4. The van der Waals surface area contributed by atoms with Gasteiger partial charge in [-0.15, -0.1) is 11.3 Å². The summed E-state index contributed by atoms with van der Waals surface area (Å²) in [5.74, 6) is 0.162. The van der Waals surface area contributed by atoms with Crippen molar-refractivity contribution < 1.29 is 9.59 Å². The van der Waals surface area contributed by atoms with E-state index in [-0.39, 0.29) is 17.7 Å². The molecule has 2 aliphatic rings. The second kappa shape index (κ2) is 10.9. The summed E-state index contributed by atoms with van der Waals surface area (Å²) < 4.78 is 0. The van der Waals surface area contributed by atoms with Gasteiger partial charge >= 0.3 is 0 Å². The van der Waals surface area contributed by atoms with Crippen molar-refractivity contribution in [3.8, 4) is 0 Å². The molecule has 1 saturated heterocycles. The second-order valence-corrected chi connectivity index (χ2v) is 10.7. The summed E-state index contributed by atoms with van der Waals surface area (Å²) in [6, 6.07) is 15.6. The van der Waals surface area contributed by atoms with Gasteiger partial charge in [-0.2, -0.15) is 5.10 Å². The van der Waals surface area contributed by atoms with Crippen LogP contribution in [0.25, 0.3) is 0 Å². The molecule has 1 fully saturated rings. The number of hydrogen-bond acceptors (Lipinski definition) is 6. The highest BCUT2D eigenvalue weighted by Crippen LogP contribution is 2.31. The highest BCUT2D eigenvalue weighted by atomic mass is 35.5. The molecule has 2 N–H and O–H groups in total. The molecule has 2 amide bonds. The third-order valence-electron chi connectivity index (χ3n) is 6.71. The fourth-order valence-electron chi connectivity index (χ4n) is 4.69. The quantitative estimate of drug-likeness (QED) is 0.461. The van der Waals surface area contributed by atoms with Gasteiger partial charge in [-0.1, -0.05) is 42.8 Å². The van der Waals surface area contributed by atoms with Crippen LogP contribution in [0.15, 0.2) is 59.0 Å². The summed E-state index contributed by atoms with van der Waals surface area (Å²) >= 11 is 7.56. The molecule has 2 aromatic carbocycles. The molecule has 1 unspecified atom stereocenters. The van der Waals surface area contributed by atoms with E-state index in [4.69, 9.17) is 11.6 Å². The predicted molar refractivity (Wildman–Crippen MR) is 144 cm³/mol. The van der Waals surface area contributed by atoms with Crippen molar-refractivity contribution >= 4 is 46.2 Å². The average Bonchev–Trinajstić information content (AvgIpc) is 3.37. The van der Waals surface area contributed by atoms with E-state index < -0.39 is 0 Å². The van der Waals surface area contributed by atoms with E-state index in [0.29, 0.717) is 23.7 Å². The molecule has 36 heavy (non-hydrogen) atoms. The maximum atomic E-state index is 12.8. The molecule has 0 spiro atoms. The van der Waals surface area contributed by atoms with E-state index in [0.717, 1.165) is 53.8 Å². The Morgan fingerprint density at radius 2 is 1.86 bits per heavy atom. The summed E-state index contributed by atoms with van der Waals surface area (Å²) in [5, 5.41) is 10.8. The van der Waals surface area contributed by atoms with Crippen molar-refractivity contribution in [2.45, 2.75) is 38.6 Å². The van der Waals surface area contributed by atoms with E-state index in [1.54, 1.807) is 11.3 Å². The van der Waals surface area contributed by atoms with Crippen LogP contribution in [-0.2, 0) is 11.3 Å². The van der Waals surface area contributed by atoms with E-state index in [2.05, 4.69) is 37.9 Å². The van der Waals surface area contributed by atoms with Crippen LogP contribution in [0.2, 0.25) is 5.02 Å². The van der Waals surface area contributed by atoms with Gasteiger partial charge in [0.15, 0.2) is 0 Å². The normalized spacial score (nSPS) is 19.0. The van der Waals surface area contributed by atoms with Gasteiger partial charge in [-0.25, -0.2) is 10.4 Å². The summed E-state index contributed by atoms with van der Waals surface area (Å²) in [6.07, 6.45) is 2.49. The number of nitrogens with zero attached hydrogens (tertiary/aromatic N) is 3. The molecule has 0 aliphatic carbocycles. The van der Waals surface area contributed by atoms with Crippen LogP contribution in [0.1, 0.15) is 58.7 Å². The number of thiazole rings is 1. The zero-order valence-electron chi connectivity index (χ0n) is 20.0. The maximum absolute atomic E-state index is 12.8. The fraction of sp³-hybridized carbons (Fsp3) is 0.333. The molecule has 0 saturated carbocycles. The van der Waals surface area contributed by atoms with E-state index in [9.17, 15) is 9.59 Å². The van der Waals surface area contributed by atoms with Crippen molar-refractivity contribution in [3.05, 3.63) is 80.8 Å². The van der Waals surface area contributed by atoms with Crippen LogP contribution in [-0.4, -0.2) is 40.5 Å². The van der Waals surface area contributed by atoms with Crippen molar-refractivity contribution in [2.75, 3.05) is 18.4 Å². The molecular weight excluding hydrogens is 494 g/mol. The summed E-state index contributed by atoms with van der Waals surface area (Å²) in [5.41, 5.74) is 6.73. The van der Waals surface area contributed by atoms with Crippen LogP contribution in [0.4, 0.5) is 5.69 Å². The molecule has 0 radical (unpaired) electrons. The molecule has 3 heterocycles. The average molecular weight is 522 g/mol. The van der Waals surface area contributed by atoms with Crippen LogP contribution in [0, 0.1) is 5.92 Å². The zero-order chi connectivity index (χ0) is 25.1. The molecule has 9 heteroatoms. The van der Waals surface area contributed by atoms with Gasteiger partial charge in [-0.3, -0.25) is 14.5 Å². The number of anilines is 1. The van der Waals surface area contributed by atoms with Crippen molar-refractivity contribution in [1.82, 2.24) is 15.3 Å². The lowest BCUT2D eigenvalue weighted by molar-refractivity contribution is -0.121. The molecule has 7 nitrogen and oxygen atoms in total. The van der Waals surface area contributed by atoms with Gasteiger partial charge in [0.2, 0.25) is 5.91 Å². The van der Waals surface area contributed by atoms with E-state index in [1.165, 1.54) is 5.56 Å². The number of amides is 2. The molecule has 186 valence electrons. The number of hydrogen-bond donors (Lipinski definition) is 2. The Bertz CT molecular complexity index is 1260. The predicted octanol–water partition coefficient (Wildman–Crippen LogP) is 5.29. The van der Waals surface area contributed by atoms with Crippen LogP contribution in [0.3, 0.4) is 0 Å². The van der Waals surface area contributed by atoms with E-state index in [1.807, 2.05) is 48.7 Å². The number of hydrazone groups is 1. The number of piperidine rings is 1. The van der Waals surface area contributed by atoms with Gasteiger partial charge in [-0.05, 0) is 61.3 Å². The van der Waals surface area contributed by atoms with Crippen LogP contribution >= 0.6 is 22.9 Å². The molecule has 5 rings (SSSR count). The Kier molecular flexibility index (Phi) is 7.46. The first-order valence-corrected chi connectivity index (χ1v) is 13.4. The van der Waals surface area contributed by atoms with Gasteiger partial charge in [0, 0.05) is 40.9 Å². The number of aromatic nitrogens is 1. The highest BCUT2D eigenvalue weighted by Gasteiger charge is 2.25. The van der Waals surface area contributed by atoms with Crippen molar-refractivity contribution in [3.63, 3.8) is 0 Å². The number of carbonyl (C=O) groups excluding carboxylic acids is 2. The van der Waals surface area contributed by atoms with Crippen molar-refractivity contribution in [2.24, 2.45) is 11.0 Å². The summed E-state index contributed by atoms with van der Waals surface area (Å²) in [4.78, 5) is 31.4. The Labute approximate surface area is 219 Å². The first kappa shape index (κ1) is 24.6. The number of halogens is 1. The number of likely N-dealkylation sites (tertiary alicyclic amines) is 1. The molecular formula is C27H28ClN5O2S. The first-order valence-electron chi connectivity index (χ1n) is 12.1. The monoisotopic (exact) mass is 521 g/mol. The Hall–Kier alpha value is -3.07. The standard InChI is InChI=1S/C27H28ClN5O2S/c1-17-14-24(34)31-32-25(17)19-4-8-22(9-5-19)29-26(35)23-16-36-27(30-23)20-10-12-33(13-11-20)15-18-2-6-21(28)7-3-18/h2-9,16-17,20H,10-15H2,1H3,(H,29,35)(H,31,34). The number of nitrogens with one attached hydrogen (secondary N) is 2. The van der Waals surface area contributed by atoms with Gasteiger partial charge < -0.3 is 5.32 Å². The summed E-state index contributed by atoms with van der Waals surface area (Å²) in [7, 11) is 0. The maximum Gasteiger partial charge on any atom is 0.275 e. The largest absolute Gasteiger partial charge is 0.321 e. The minimum Gasteiger partial charge on any atom is -0.321 e. The van der Waals surface area contributed by atoms with Gasteiger partial charge in [0.05, 0.1) is 10.7 Å². The minimum atomic E-state index is -0.207. The molecule has 3 aromatic rings. The van der Waals surface area contributed by atoms with Crippen LogP contribution < -0.4 is 10.7 Å². The second-order valence-electron chi connectivity index (χ2n) is 9.42. The fourth-order valence-corrected chi connectivity index (χ4v) is 5.78. The van der Waals surface area contributed by atoms with Gasteiger partial charge in [0.1, 0.15) is 5.69 Å². The number of rotatable bonds is 6. The molecule has 0 bridgehead atoms. The van der Waals surface area contributed by atoms with Crippen molar-refractivity contribution in [1.29, 1.82) is 0 Å². The number of carbonyl (C=O) groups is 2. The van der Waals surface area contributed by atoms with Gasteiger partial charge in [0.25, 0.3) is 5.91 Å². The lowest BCUT2D eigenvalue weighted by atomic mass is 9.94. The lowest BCUT2D eigenvalue weighted by Gasteiger charge is -2.31. The Balaban J connectivity index is 1.14. The summed E-state index contributed by atoms with van der Waals surface area (Å²) in [6.45, 7) is 4.92. The van der Waals surface area contributed by atoms with Crippen LogP contribution in [0.5, 0.6) is 0 Å². The Morgan fingerprint density at radius 1 is 1.14 bits per heavy atom. The zero-order valence-corrected chi connectivity index (χ0v) is 21.6. The third kappa shape index (κ3) is 5.83. The van der Waals surface area contributed by atoms with E-state index >= 15 is 0 Å². The lowest BCUT2D eigenvalue weighted by Crippen LogP contribution is -2.32. The minimum absolute atomic E-state index is 0.0527. The molecule has 1 aromatic heterocycles.